The van der Waals surface area contributed by atoms with Gasteiger partial charge in [-0.25, -0.2) is 4.79 Å². The first kappa shape index (κ1) is 16.6. The zero-order chi connectivity index (χ0) is 16.5. The van der Waals surface area contributed by atoms with Crippen molar-refractivity contribution in [3.8, 4) is 0 Å². The normalized spacial score (nSPS) is 19.0. The molecule has 0 saturated heterocycles. The van der Waals surface area contributed by atoms with Crippen LogP contribution in [0.1, 0.15) is 39.7 Å². The van der Waals surface area contributed by atoms with Gasteiger partial charge in [-0.2, -0.15) is 0 Å². The van der Waals surface area contributed by atoms with Gasteiger partial charge in [-0.1, -0.05) is 23.7 Å². The lowest BCUT2D eigenvalue weighted by Crippen LogP contribution is -2.44. The van der Waals surface area contributed by atoms with Crippen LogP contribution in [0.5, 0.6) is 0 Å². The Morgan fingerprint density at radius 1 is 1.36 bits per heavy atom. The summed E-state index contributed by atoms with van der Waals surface area (Å²) in [6, 6.07) is 6.82. The van der Waals surface area contributed by atoms with Crippen molar-refractivity contribution in [2.75, 3.05) is 0 Å². The molecule has 1 aliphatic rings. The third kappa shape index (κ3) is 3.89. The second-order valence-corrected chi connectivity index (χ2v) is 6.85. The fourth-order valence-corrected chi connectivity index (χ4v) is 2.55. The number of nitrogens with zero attached hydrogens (tertiary/aromatic N) is 1. The van der Waals surface area contributed by atoms with Gasteiger partial charge < -0.3 is 4.74 Å². The van der Waals surface area contributed by atoms with E-state index in [1.165, 1.54) is 11.0 Å². The summed E-state index contributed by atoms with van der Waals surface area (Å²) in [7, 11) is 0. The number of carbonyl (C=O) groups is 2. The van der Waals surface area contributed by atoms with Crippen molar-refractivity contribution >= 4 is 29.2 Å². The molecule has 1 aromatic rings. The van der Waals surface area contributed by atoms with Gasteiger partial charge in [0.25, 0.3) is 0 Å². The Hall–Kier alpha value is -1.81. The molecule has 2 rings (SSSR count). The quantitative estimate of drug-likeness (QED) is 0.775. The van der Waals surface area contributed by atoms with Crippen molar-refractivity contribution in [2.45, 2.75) is 45.8 Å². The summed E-state index contributed by atoms with van der Waals surface area (Å²) in [5, 5.41) is 0.549. The second kappa shape index (κ2) is 6.13. The molecule has 1 heterocycles. The SMILES string of the molecule is CC1CC(=O)C=C(c2cccc(Cl)c2)N1C(=O)OC(C)(C)C. The minimum absolute atomic E-state index is 0.0118. The predicted octanol–water partition coefficient (Wildman–Crippen LogP) is 4.28. The van der Waals surface area contributed by atoms with Crippen LogP contribution < -0.4 is 0 Å². The molecule has 0 aromatic heterocycles. The Balaban J connectivity index is 2.42. The van der Waals surface area contributed by atoms with Crippen LogP contribution in [0.25, 0.3) is 5.70 Å². The molecule has 22 heavy (non-hydrogen) atoms. The molecular weight excluding hydrogens is 302 g/mol. The number of halogens is 1. The molecule has 5 heteroatoms. The molecule has 0 bridgehead atoms. The summed E-state index contributed by atoms with van der Waals surface area (Å²) in [6.07, 6.45) is 1.30. The van der Waals surface area contributed by atoms with Crippen molar-refractivity contribution in [3.63, 3.8) is 0 Å². The lowest BCUT2D eigenvalue weighted by Gasteiger charge is -2.35. The third-order valence-electron chi connectivity index (χ3n) is 3.21. The number of rotatable bonds is 1. The number of benzene rings is 1. The summed E-state index contributed by atoms with van der Waals surface area (Å²) in [5.74, 6) is -0.0118. The molecule has 0 radical (unpaired) electrons. The fraction of sp³-hybridized carbons (Fsp3) is 0.412. The molecule has 0 aliphatic carbocycles. The van der Waals surface area contributed by atoms with E-state index in [4.69, 9.17) is 16.3 Å². The Morgan fingerprint density at radius 3 is 2.64 bits per heavy atom. The average Bonchev–Trinajstić information content (AvgIpc) is 2.35. The van der Waals surface area contributed by atoms with Gasteiger partial charge in [0.05, 0.1) is 5.70 Å². The van der Waals surface area contributed by atoms with Gasteiger partial charge in [-0.15, -0.1) is 0 Å². The highest BCUT2D eigenvalue weighted by Crippen LogP contribution is 2.30. The molecule has 1 aliphatic heterocycles. The van der Waals surface area contributed by atoms with Crippen molar-refractivity contribution in [3.05, 3.63) is 40.9 Å². The van der Waals surface area contributed by atoms with E-state index in [-0.39, 0.29) is 18.2 Å². The number of allylic oxidation sites excluding steroid dienone is 1. The molecule has 1 atom stereocenters. The van der Waals surface area contributed by atoms with Crippen molar-refractivity contribution in [1.82, 2.24) is 4.90 Å². The molecule has 0 N–H and O–H groups in total. The van der Waals surface area contributed by atoms with Crippen molar-refractivity contribution in [2.24, 2.45) is 0 Å². The lowest BCUT2D eigenvalue weighted by atomic mass is 9.99. The van der Waals surface area contributed by atoms with Crippen LogP contribution >= 0.6 is 11.6 Å². The van der Waals surface area contributed by atoms with Gasteiger partial charge in [0.2, 0.25) is 0 Å². The highest BCUT2D eigenvalue weighted by Gasteiger charge is 2.33. The van der Waals surface area contributed by atoms with Crippen LogP contribution in [0.15, 0.2) is 30.3 Å². The van der Waals surface area contributed by atoms with Crippen LogP contribution in [-0.2, 0) is 9.53 Å². The van der Waals surface area contributed by atoms with Crippen molar-refractivity contribution in [1.29, 1.82) is 0 Å². The maximum atomic E-state index is 12.5. The topological polar surface area (TPSA) is 46.6 Å². The highest BCUT2D eigenvalue weighted by molar-refractivity contribution is 6.30. The van der Waals surface area contributed by atoms with Crippen LogP contribution in [0.2, 0.25) is 5.02 Å². The van der Waals surface area contributed by atoms with Crippen LogP contribution in [0, 0.1) is 0 Å². The Kier molecular flexibility index (Phi) is 4.61. The molecular formula is C17H20ClNO3. The molecule has 118 valence electrons. The molecule has 1 amide bonds. The minimum Gasteiger partial charge on any atom is -0.443 e. The maximum absolute atomic E-state index is 12.5. The summed E-state index contributed by atoms with van der Waals surface area (Å²) in [5.41, 5.74) is 0.649. The predicted molar refractivity (Wildman–Crippen MR) is 86.6 cm³/mol. The zero-order valence-corrected chi connectivity index (χ0v) is 14.0. The maximum Gasteiger partial charge on any atom is 0.415 e. The van der Waals surface area contributed by atoms with Gasteiger partial charge in [-0.3, -0.25) is 9.69 Å². The number of ether oxygens (including phenoxy) is 1. The molecule has 1 aromatic carbocycles. The highest BCUT2D eigenvalue weighted by atomic mass is 35.5. The number of carbonyl (C=O) groups excluding carboxylic acids is 2. The fourth-order valence-electron chi connectivity index (χ4n) is 2.36. The van der Waals surface area contributed by atoms with E-state index in [1.54, 1.807) is 18.2 Å². The first-order valence-corrected chi connectivity index (χ1v) is 7.58. The number of hydrogen-bond donors (Lipinski definition) is 0. The number of ketones is 1. The van der Waals surface area contributed by atoms with E-state index in [1.807, 2.05) is 33.8 Å². The number of hydrogen-bond acceptors (Lipinski definition) is 3. The molecule has 0 spiro atoms. The van der Waals surface area contributed by atoms with Gasteiger partial charge in [0, 0.05) is 23.6 Å². The molecule has 0 saturated carbocycles. The van der Waals surface area contributed by atoms with Gasteiger partial charge in [0.1, 0.15) is 5.60 Å². The van der Waals surface area contributed by atoms with E-state index in [0.717, 1.165) is 5.56 Å². The zero-order valence-electron chi connectivity index (χ0n) is 13.2. The van der Waals surface area contributed by atoms with Gasteiger partial charge >= 0.3 is 6.09 Å². The van der Waals surface area contributed by atoms with E-state index in [9.17, 15) is 9.59 Å². The van der Waals surface area contributed by atoms with E-state index >= 15 is 0 Å². The first-order valence-electron chi connectivity index (χ1n) is 7.20. The van der Waals surface area contributed by atoms with E-state index in [2.05, 4.69) is 0 Å². The Labute approximate surface area is 135 Å². The summed E-state index contributed by atoms with van der Waals surface area (Å²) in [6.45, 7) is 7.27. The average molecular weight is 322 g/mol. The number of amides is 1. The van der Waals surface area contributed by atoms with Crippen LogP contribution in [0.4, 0.5) is 4.79 Å². The monoisotopic (exact) mass is 321 g/mol. The standard InChI is InChI=1S/C17H20ClNO3/c1-11-8-14(20)10-15(12-6-5-7-13(18)9-12)19(11)16(21)22-17(2,3)4/h5-7,9-11H,8H2,1-4H3. The van der Waals surface area contributed by atoms with Crippen molar-refractivity contribution < 1.29 is 14.3 Å². The summed E-state index contributed by atoms with van der Waals surface area (Å²) in [4.78, 5) is 26.0. The lowest BCUT2D eigenvalue weighted by molar-refractivity contribution is -0.115. The largest absolute Gasteiger partial charge is 0.443 e. The second-order valence-electron chi connectivity index (χ2n) is 6.41. The van der Waals surface area contributed by atoms with Crippen LogP contribution in [-0.4, -0.2) is 28.4 Å². The van der Waals surface area contributed by atoms with E-state index < -0.39 is 11.7 Å². The summed E-state index contributed by atoms with van der Waals surface area (Å²) < 4.78 is 5.47. The molecule has 1 unspecified atom stereocenters. The van der Waals surface area contributed by atoms with Gasteiger partial charge in [0.15, 0.2) is 5.78 Å². The van der Waals surface area contributed by atoms with E-state index in [0.29, 0.717) is 10.7 Å². The first-order chi connectivity index (χ1) is 10.2. The Morgan fingerprint density at radius 2 is 2.05 bits per heavy atom. The minimum atomic E-state index is -0.600. The third-order valence-corrected chi connectivity index (χ3v) is 3.44. The molecule has 4 nitrogen and oxygen atoms in total. The Bertz CT molecular complexity index is 631. The smallest absolute Gasteiger partial charge is 0.415 e. The van der Waals surface area contributed by atoms with Crippen LogP contribution in [0.3, 0.4) is 0 Å². The summed E-state index contributed by atoms with van der Waals surface area (Å²) >= 11 is 6.02. The van der Waals surface area contributed by atoms with Gasteiger partial charge in [-0.05, 0) is 45.4 Å². The molecule has 0 fully saturated rings.